The summed E-state index contributed by atoms with van der Waals surface area (Å²) in [6.07, 6.45) is 4.88. The highest BCUT2D eigenvalue weighted by Crippen LogP contribution is 2.56. The van der Waals surface area contributed by atoms with Gasteiger partial charge in [0.05, 0.1) is 18.6 Å². The molecular weight excluding hydrogens is 452 g/mol. The Balaban J connectivity index is 1.37. The van der Waals surface area contributed by atoms with E-state index in [1.807, 2.05) is 36.4 Å². The summed E-state index contributed by atoms with van der Waals surface area (Å²) in [4.78, 5) is 13.6. The second-order valence-corrected chi connectivity index (χ2v) is 9.70. The van der Waals surface area contributed by atoms with Crippen LogP contribution in [0.4, 0.5) is 0 Å². The van der Waals surface area contributed by atoms with E-state index in [0.29, 0.717) is 19.6 Å². The van der Waals surface area contributed by atoms with Gasteiger partial charge in [0.1, 0.15) is 36.9 Å². The minimum absolute atomic E-state index is 0.154. The summed E-state index contributed by atoms with van der Waals surface area (Å²) in [6, 6.07) is 24.7. The largest absolute Gasteiger partial charge is 0.491 e. The Bertz CT molecular complexity index is 1320. The van der Waals surface area contributed by atoms with Crippen LogP contribution in [0, 0.1) is 0 Å². The lowest BCUT2D eigenvalue weighted by molar-refractivity contribution is -0.115. The SMILES string of the molecule is O=C1CC=CC2=C1C(c1ccc(OCC3CO3)cc1)(c1ccc(OCC3CO3)cc1)c1ccccc12. The van der Waals surface area contributed by atoms with E-state index in [-0.39, 0.29) is 18.0 Å². The van der Waals surface area contributed by atoms with Crippen LogP contribution in [-0.2, 0) is 19.7 Å². The molecule has 2 aliphatic carbocycles. The normalized spacial score (nSPS) is 25.4. The molecule has 0 spiro atoms. The fourth-order valence-electron chi connectivity index (χ4n) is 5.51. The number of carbonyl (C=O) groups excluding carboxylic acids is 1. The number of allylic oxidation sites excluding steroid dienone is 4. The highest BCUT2D eigenvalue weighted by atomic mass is 16.6. The first kappa shape index (κ1) is 21.6. The fraction of sp³-hybridized carbons (Fsp3) is 0.258. The fourth-order valence-corrected chi connectivity index (χ4v) is 5.51. The van der Waals surface area contributed by atoms with Crippen molar-refractivity contribution in [2.75, 3.05) is 26.4 Å². The lowest BCUT2D eigenvalue weighted by atomic mass is 9.65. The molecule has 0 saturated carbocycles. The van der Waals surface area contributed by atoms with Crippen LogP contribution in [0.2, 0.25) is 0 Å². The minimum Gasteiger partial charge on any atom is -0.491 e. The molecule has 0 radical (unpaired) electrons. The van der Waals surface area contributed by atoms with Gasteiger partial charge in [-0.2, -0.15) is 0 Å². The van der Waals surface area contributed by atoms with E-state index >= 15 is 0 Å². The van der Waals surface area contributed by atoms with Crippen molar-refractivity contribution in [1.82, 2.24) is 0 Å². The lowest BCUT2D eigenvalue weighted by Gasteiger charge is -2.35. The van der Waals surface area contributed by atoms with E-state index in [1.54, 1.807) is 0 Å². The van der Waals surface area contributed by atoms with Crippen molar-refractivity contribution in [2.24, 2.45) is 0 Å². The van der Waals surface area contributed by atoms with Crippen molar-refractivity contribution in [2.45, 2.75) is 24.0 Å². The molecule has 0 aromatic heterocycles. The number of benzene rings is 3. The first-order valence-corrected chi connectivity index (χ1v) is 12.5. The third kappa shape index (κ3) is 3.58. The van der Waals surface area contributed by atoms with Crippen LogP contribution >= 0.6 is 0 Å². The maximum absolute atomic E-state index is 13.6. The zero-order valence-corrected chi connectivity index (χ0v) is 19.8. The highest BCUT2D eigenvalue weighted by Gasteiger charge is 2.50. The summed E-state index contributed by atoms with van der Waals surface area (Å²) < 4.78 is 22.4. The van der Waals surface area contributed by atoms with Crippen LogP contribution in [0.3, 0.4) is 0 Å². The van der Waals surface area contributed by atoms with Crippen molar-refractivity contribution in [3.05, 3.63) is 113 Å². The molecule has 3 aromatic rings. The molecule has 3 aromatic carbocycles. The van der Waals surface area contributed by atoms with E-state index in [0.717, 1.165) is 58.1 Å². The molecule has 4 aliphatic rings. The molecule has 0 N–H and O–H groups in total. The highest BCUT2D eigenvalue weighted by molar-refractivity contribution is 6.14. The Hall–Kier alpha value is -3.67. The van der Waals surface area contributed by atoms with Crippen molar-refractivity contribution in [3.8, 4) is 11.5 Å². The molecule has 5 nitrogen and oxygen atoms in total. The molecule has 5 heteroatoms. The molecule has 7 rings (SSSR count). The van der Waals surface area contributed by atoms with E-state index in [2.05, 4.69) is 48.5 Å². The number of epoxide rings is 2. The summed E-state index contributed by atoms with van der Waals surface area (Å²) in [5, 5.41) is 0. The maximum Gasteiger partial charge on any atom is 0.164 e. The molecule has 2 unspecified atom stereocenters. The van der Waals surface area contributed by atoms with Crippen LogP contribution in [0.1, 0.15) is 28.7 Å². The number of ketones is 1. The molecular formula is C31H26O5. The number of Topliss-reactive ketones (excluding diaryl/α,β-unsaturated/α-hetero) is 1. The summed E-state index contributed by atoms with van der Waals surface area (Å²) >= 11 is 0. The zero-order valence-electron chi connectivity index (χ0n) is 19.8. The third-order valence-electron chi connectivity index (χ3n) is 7.38. The van der Waals surface area contributed by atoms with Gasteiger partial charge in [-0.1, -0.05) is 60.7 Å². The standard InChI is InChI=1S/C31H26O5/c32-29-7-3-5-27-26-4-1-2-6-28(26)31(30(27)29,20-8-12-22(13-9-20)33-16-24-18-35-24)21-10-14-23(15-11-21)34-17-25-19-36-25/h1-6,8-15,24-25H,7,16-19H2. The van der Waals surface area contributed by atoms with Crippen LogP contribution < -0.4 is 9.47 Å². The second-order valence-electron chi connectivity index (χ2n) is 9.70. The molecule has 0 bridgehead atoms. The average molecular weight is 479 g/mol. The second kappa shape index (κ2) is 8.47. The zero-order chi connectivity index (χ0) is 24.1. The predicted molar refractivity (Wildman–Crippen MR) is 135 cm³/mol. The number of fused-ring (bicyclic) bond motifs is 2. The van der Waals surface area contributed by atoms with E-state index in [1.165, 1.54) is 0 Å². The summed E-state index contributed by atoms with van der Waals surface area (Å²) in [7, 11) is 0. The van der Waals surface area contributed by atoms with E-state index in [9.17, 15) is 4.79 Å². The Morgan fingerprint density at radius 2 is 1.33 bits per heavy atom. The number of carbonyl (C=O) groups is 1. The van der Waals surface area contributed by atoms with E-state index in [4.69, 9.17) is 18.9 Å². The molecule has 2 aliphatic heterocycles. The average Bonchev–Trinajstić information content (AvgIpc) is 3.85. The quantitative estimate of drug-likeness (QED) is 0.432. The molecule has 0 amide bonds. The molecule has 180 valence electrons. The maximum atomic E-state index is 13.6. The summed E-state index contributed by atoms with van der Waals surface area (Å²) in [5.41, 5.74) is 5.44. The van der Waals surface area contributed by atoms with Crippen molar-refractivity contribution in [3.63, 3.8) is 0 Å². The van der Waals surface area contributed by atoms with Gasteiger partial charge in [0.15, 0.2) is 5.78 Å². The van der Waals surface area contributed by atoms with Crippen LogP contribution in [0.25, 0.3) is 5.57 Å². The van der Waals surface area contributed by atoms with Gasteiger partial charge in [-0.05, 0) is 52.1 Å². The number of rotatable bonds is 8. The van der Waals surface area contributed by atoms with Crippen molar-refractivity contribution < 1.29 is 23.7 Å². The Labute approximate surface area is 210 Å². The van der Waals surface area contributed by atoms with Crippen LogP contribution in [0.5, 0.6) is 11.5 Å². The van der Waals surface area contributed by atoms with Gasteiger partial charge in [-0.15, -0.1) is 0 Å². The molecule has 2 heterocycles. The number of hydrogen-bond donors (Lipinski definition) is 0. The lowest BCUT2D eigenvalue weighted by Crippen LogP contribution is -2.33. The smallest absolute Gasteiger partial charge is 0.164 e. The van der Waals surface area contributed by atoms with Crippen LogP contribution in [0.15, 0.2) is 90.5 Å². The minimum atomic E-state index is -0.718. The van der Waals surface area contributed by atoms with Gasteiger partial charge >= 0.3 is 0 Å². The topological polar surface area (TPSA) is 60.6 Å². The van der Waals surface area contributed by atoms with Crippen molar-refractivity contribution in [1.29, 1.82) is 0 Å². The van der Waals surface area contributed by atoms with Gasteiger partial charge in [0.25, 0.3) is 0 Å². The van der Waals surface area contributed by atoms with Crippen molar-refractivity contribution >= 4 is 11.4 Å². The van der Waals surface area contributed by atoms with Gasteiger partial charge in [0.2, 0.25) is 0 Å². The monoisotopic (exact) mass is 478 g/mol. The van der Waals surface area contributed by atoms with E-state index < -0.39 is 5.41 Å². The van der Waals surface area contributed by atoms with Crippen LogP contribution in [-0.4, -0.2) is 44.4 Å². The Kier molecular flexibility index (Phi) is 5.08. The first-order valence-electron chi connectivity index (χ1n) is 12.5. The Morgan fingerprint density at radius 1 is 0.778 bits per heavy atom. The van der Waals surface area contributed by atoms with Gasteiger partial charge in [-0.25, -0.2) is 0 Å². The van der Waals surface area contributed by atoms with Gasteiger partial charge < -0.3 is 18.9 Å². The number of ether oxygens (including phenoxy) is 4. The first-order chi connectivity index (χ1) is 17.7. The molecule has 2 saturated heterocycles. The third-order valence-corrected chi connectivity index (χ3v) is 7.38. The summed E-state index contributed by atoms with van der Waals surface area (Å²) in [5.74, 6) is 1.75. The number of hydrogen-bond acceptors (Lipinski definition) is 5. The molecule has 2 fully saturated rings. The predicted octanol–water partition coefficient (Wildman–Crippen LogP) is 4.87. The Morgan fingerprint density at radius 3 is 1.89 bits per heavy atom. The van der Waals surface area contributed by atoms with Gasteiger partial charge in [0, 0.05) is 12.0 Å². The van der Waals surface area contributed by atoms with Gasteiger partial charge in [-0.3, -0.25) is 4.79 Å². The molecule has 2 atom stereocenters. The molecule has 36 heavy (non-hydrogen) atoms. The summed E-state index contributed by atoms with van der Waals surface area (Å²) in [6.45, 7) is 2.63.